The minimum atomic E-state index is -0.0618. The van der Waals surface area contributed by atoms with E-state index < -0.39 is 0 Å². The molecule has 0 aliphatic rings. The number of aliphatic hydroxyl groups is 1. The Balaban J connectivity index is 1.91. The van der Waals surface area contributed by atoms with Gasteiger partial charge in [0.2, 0.25) is 0 Å². The SMILES string of the molecule is CCC(C)(CO)CNc1ccc(Cn2cccn2)cc1. The predicted molar refractivity (Wildman–Crippen MR) is 81.7 cm³/mol. The normalized spacial score (nSPS) is 13.9. The number of aromatic nitrogens is 2. The lowest BCUT2D eigenvalue weighted by Crippen LogP contribution is -2.29. The highest BCUT2D eigenvalue weighted by molar-refractivity contribution is 5.44. The standard InChI is InChI=1S/C16H23N3O/c1-3-16(2,13-20)12-17-15-7-5-14(6-8-15)11-19-10-4-9-18-19/h4-10,17,20H,3,11-13H2,1-2H3. The van der Waals surface area contributed by atoms with E-state index >= 15 is 0 Å². The van der Waals surface area contributed by atoms with Crippen LogP contribution < -0.4 is 5.32 Å². The highest BCUT2D eigenvalue weighted by Crippen LogP contribution is 2.21. The number of anilines is 1. The topological polar surface area (TPSA) is 50.1 Å². The quantitative estimate of drug-likeness (QED) is 0.815. The maximum absolute atomic E-state index is 9.40. The van der Waals surface area contributed by atoms with E-state index in [1.807, 2.05) is 16.9 Å². The van der Waals surface area contributed by atoms with Crippen molar-refractivity contribution in [2.24, 2.45) is 5.41 Å². The number of hydrogen-bond donors (Lipinski definition) is 2. The van der Waals surface area contributed by atoms with Crippen LogP contribution in [0.3, 0.4) is 0 Å². The second kappa shape index (κ2) is 6.57. The minimum Gasteiger partial charge on any atom is -0.396 e. The highest BCUT2D eigenvalue weighted by atomic mass is 16.3. The Hall–Kier alpha value is -1.81. The van der Waals surface area contributed by atoms with Crippen LogP contribution in [0.1, 0.15) is 25.8 Å². The number of benzene rings is 1. The summed E-state index contributed by atoms with van der Waals surface area (Å²) in [5.41, 5.74) is 2.25. The van der Waals surface area contributed by atoms with E-state index in [0.717, 1.165) is 25.2 Å². The molecule has 0 fully saturated rings. The van der Waals surface area contributed by atoms with Crippen LogP contribution in [-0.2, 0) is 6.54 Å². The fraction of sp³-hybridized carbons (Fsp3) is 0.438. The van der Waals surface area contributed by atoms with Gasteiger partial charge in [-0.05, 0) is 30.2 Å². The van der Waals surface area contributed by atoms with Gasteiger partial charge in [0.15, 0.2) is 0 Å². The molecule has 2 aromatic rings. The highest BCUT2D eigenvalue weighted by Gasteiger charge is 2.20. The van der Waals surface area contributed by atoms with Crippen molar-refractivity contribution in [1.29, 1.82) is 0 Å². The fourth-order valence-corrected chi connectivity index (χ4v) is 1.92. The first-order chi connectivity index (χ1) is 9.65. The van der Waals surface area contributed by atoms with Gasteiger partial charge in [0.25, 0.3) is 0 Å². The maximum atomic E-state index is 9.40. The van der Waals surface area contributed by atoms with Crippen molar-refractivity contribution in [3.05, 3.63) is 48.3 Å². The van der Waals surface area contributed by atoms with Crippen LogP contribution >= 0.6 is 0 Å². The summed E-state index contributed by atoms with van der Waals surface area (Å²) in [6, 6.07) is 10.3. The molecule has 20 heavy (non-hydrogen) atoms. The molecule has 0 amide bonds. The van der Waals surface area contributed by atoms with Crippen LogP contribution in [0.2, 0.25) is 0 Å². The summed E-state index contributed by atoms with van der Waals surface area (Å²) >= 11 is 0. The van der Waals surface area contributed by atoms with Gasteiger partial charge < -0.3 is 10.4 Å². The average molecular weight is 273 g/mol. The summed E-state index contributed by atoms with van der Waals surface area (Å²) in [5.74, 6) is 0. The van der Waals surface area contributed by atoms with E-state index in [4.69, 9.17) is 0 Å². The third kappa shape index (κ3) is 3.84. The minimum absolute atomic E-state index is 0.0618. The summed E-state index contributed by atoms with van der Waals surface area (Å²) in [5, 5.41) is 17.0. The molecule has 1 heterocycles. The summed E-state index contributed by atoms with van der Waals surface area (Å²) in [6.07, 6.45) is 4.70. The molecule has 1 aromatic carbocycles. The zero-order chi connectivity index (χ0) is 14.4. The molecule has 2 rings (SSSR count). The number of aliphatic hydroxyl groups excluding tert-OH is 1. The molecule has 0 saturated heterocycles. The van der Waals surface area contributed by atoms with Crippen LogP contribution in [0.15, 0.2) is 42.7 Å². The first-order valence-corrected chi connectivity index (χ1v) is 7.06. The molecule has 4 nitrogen and oxygen atoms in total. The molecule has 108 valence electrons. The summed E-state index contributed by atoms with van der Waals surface area (Å²) in [4.78, 5) is 0. The van der Waals surface area contributed by atoms with Gasteiger partial charge >= 0.3 is 0 Å². The van der Waals surface area contributed by atoms with Crippen molar-refractivity contribution in [2.45, 2.75) is 26.8 Å². The smallest absolute Gasteiger partial charge is 0.0659 e. The molecule has 1 unspecified atom stereocenters. The van der Waals surface area contributed by atoms with Crippen molar-refractivity contribution in [1.82, 2.24) is 9.78 Å². The number of rotatable bonds is 7. The van der Waals surface area contributed by atoms with Crippen LogP contribution in [0.4, 0.5) is 5.69 Å². The zero-order valence-electron chi connectivity index (χ0n) is 12.2. The van der Waals surface area contributed by atoms with Crippen LogP contribution in [0.5, 0.6) is 0 Å². The van der Waals surface area contributed by atoms with Gasteiger partial charge in [0.1, 0.15) is 0 Å². The second-order valence-electron chi connectivity index (χ2n) is 5.58. The van der Waals surface area contributed by atoms with Gasteiger partial charge in [-0.3, -0.25) is 4.68 Å². The van der Waals surface area contributed by atoms with E-state index in [0.29, 0.717) is 0 Å². The van der Waals surface area contributed by atoms with E-state index in [1.165, 1.54) is 5.56 Å². The molecule has 4 heteroatoms. The van der Waals surface area contributed by atoms with Gasteiger partial charge in [-0.1, -0.05) is 26.0 Å². The Morgan fingerprint density at radius 3 is 2.60 bits per heavy atom. The second-order valence-corrected chi connectivity index (χ2v) is 5.58. The van der Waals surface area contributed by atoms with E-state index in [1.54, 1.807) is 6.20 Å². The molecule has 0 bridgehead atoms. The van der Waals surface area contributed by atoms with E-state index in [-0.39, 0.29) is 12.0 Å². The van der Waals surface area contributed by atoms with Crippen molar-refractivity contribution in [3.63, 3.8) is 0 Å². The predicted octanol–water partition coefficient (Wildman–Crippen LogP) is 2.75. The van der Waals surface area contributed by atoms with Gasteiger partial charge in [-0.2, -0.15) is 5.10 Å². The lowest BCUT2D eigenvalue weighted by atomic mass is 9.88. The first-order valence-electron chi connectivity index (χ1n) is 7.06. The van der Waals surface area contributed by atoms with Crippen LogP contribution in [0, 0.1) is 5.41 Å². The van der Waals surface area contributed by atoms with Crippen molar-refractivity contribution >= 4 is 5.69 Å². The molecule has 0 radical (unpaired) electrons. The summed E-state index contributed by atoms with van der Waals surface area (Å²) in [6.45, 7) is 5.96. The van der Waals surface area contributed by atoms with Gasteiger partial charge in [-0.15, -0.1) is 0 Å². The molecule has 1 aromatic heterocycles. The lowest BCUT2D eigenvalue weighted by Gasteiger charge is -2.26. The monoisotopic (exact) mass is 273 g/mol. The van der Waals surface area contributed by atoms with Crippen molar-refractivity contribution in [3.8, 4) is 0 Å². The summed E-state index contributed by atoms with van der Waals surface area (Å²) in [7, 11) is 0. The third-order valence-electron chi connectivity index (χ3n) is 3.81. The number of hydrogen-bond acceptors (Lipinski definition) is 3. The molecular formula is C16H23N3O. The third-order valence-corrected chi connectivity index (χ3v) is 3.81. The fourth-order valence-electron chi connectivity index (χ4n) is 1.92. The van der Waals surface area contributed by atoms with Gasteiger partial charge in [-0.25, -0.2) is 0 Å². The average Bonchev–Trinajstić information content (AvgIpc) is 2.99. The molecule has 0 aliphatic heterocycles. The van der Waals surface area contributed by atoms with Crippen molar-refractivity contribution in [2.75, 3.05) is 18.5 Å². The number of nitrogens with zero attached hydrogens (tertiary/aromatic N) is 2. The Kier molecular flexibility index (Phi) is 4.79. The Bertz CT molecular complexity index is 501. The molecular weight excluding hydrogens is 250 g/mol. The van der Waals surface area contributed by atoms with Crippen molar-refractivity contribution < 1.29 is 5.11 Å². The molecule has 2 N–H and O–H groups in total. The largest absolute Gasteiger partial charge is 0.396 e. The molecule has 0 aliphatic carbocycles. The number of nitrogens with one attached hydrogen (secondary N) is 1. The molecule has 0 spiro atoms. The van der Waals surface area contributed by atoms with Gasteiger partial charge in [0, 0.05) is 30.0 Å². The van der Waals surface area contributed by atoms with Gasteiger partial charge in [0.05, 0.1) is 13.2 Å². The first kappa shape index (κ1) is 14.6. The van der Waals surface area contributed by atoms with E-state index in [9.17, 15) is 5.11 Å². The summed E-state index contributed by atoms with van der Waals surface area (Å²) < 4.78 is 1.91. The Morgan fingerprint density at radius 2 is 2.05 bits per heavy atom. The molecule has 1 atom stereocenters. The molecule has 0 saturated carbocycles. The Morgan fingerprint density at radius 1 is 1.30 bits per heavy atom. The maximum Gasteiger partial charge on any atom is 0.0659 e. The van der Waals surface area contributed by atoms with E-state index in [2.05, 4.69) is 48.5 Å². The van der Waals surface area contributed by atoms with Crippen LogP contribution in [0.25, 0.3) is 0 Å². The lowest BCUT2D eigenvalue weighted by molar-refractivity contribution is 0.149. The zero-order valence-corrected chi connectivity index (χ0v) is 12.2. The van der Waals surface area contributed by atoms with Crippen LogP contribution in [-0.4, -0.2) is 28.0 Å². The Labute approximate surface area is 120 Å².